The lowest BCUT2D eigenvalue weighted by atomic mass is 9.97. The largest absolute Gasteiger partial charge is 0.466 e. The number of nitrogens with one attached hydrogen (secondary N) is 1. The summed E-state index contributed by atoms with van der Waals surface area (Å²) in [6, 6.07) is 6.67. The van der Waals surface area contributed by atoms with Crippen molar-refractivity contribution in [2.75, 3.05) is 38.1 Å². The summed E-state index contributed by atoms with van der Waals surface area (Å²) in [5, 5.41) is 3.03. The summed E-state index contributed by atoms with van der Waals surface area (Å²) in [5.41, 5.74) is 1.05. The number of amidine groups is 1. The monoisotopic (exact) mass is 486 g/mol. The van der Waals surface area contributed by atoms with Gasteiger partial charge in [-0.2, -0.15) is 4.99 Å². The lowest BCUT2D eigenvalue weighted by molar-refractivity contribution is -0.149. The molecule has 182 valence electrons. The Hall–Kier alpha value is -2.88. The molecule has 3 aliphatic rings. The molecular formula is C24H30N4O5S. The van der Waals surface area contributed by atoms with Gasteiger partial charge in [-0.1, -0.05) is 11.8 Å². The number of rotatable bonds is 6. The van der Waals surface area contributed by atoms with Gasteiger partial charge in [0.2, 0.25) is 5.91 Å². The first-order chi connectivity index (χ1) is 16.4. The van der Waals surface area contributed by atoms with E-state index in [0.717, 1.165) is 43.9 Å². The van der Waals surface area contributed by atoms with Crippen molar-refractivity contribution >= 4 is 46.3 Å². The number of anilines is 1. The van der Waals surface area contributed by atoms with Crippen molar-refractivity contribution in [3.8, 4) is 0 Å². The van der Waals surface area contributed by atoms with Crippen molar-refractivity contribution in [3.63, 3.8) is 0 Å². The molecule has 0 aromatic heterocycles. The number of thioether (sulfide) groups is 1. The fraction of sp³-hybridized carbons (Fsp3) is 0.542. The number of nitrogens with zero attached hydrogens (tertiary/aromatic N) is 3. The van der Waals surface area contributed by atoms with Crippen LogP contribution in [0.4, 0.5) is 5.69 Å². The number of piperidine rings is 1. The molecule has 0 unspecified atom stereocenters. The molecule has 2 fully saturated rings. The van der Waals surface area contributed by atoms with E-state index in [1.165, 1.54) is 11.8 Å². The smallest absolute Gasteiger partial charge is 0.310 e. The van der Waals surface area contributed by atoms with E-state index in [9.17, 15) is 19.2 Å². The van der Waals surface area contributed by atoms with Crippen LogP contribution in [0.25, 0.3) is 0 Å². The number of aliphatic imine (C=N–C) groups is 1. The van der Waals surface area contributed by atoms with Gasteiger partial charge in [0.15, 0.2) is 5.17 Å². The Labute approximate surface area is 203 Å². The fourth-order valence-corrected chi connectivity index (χ4v) is 5.54. The van der Waals surface area contributed by atoms with Gasteiger partial charge in [0.25, 0.3) is 11.8 Å². The Morgan fingerprint density at radius 1 is 1.12 bits per heavy atom. The average molecular weight is 487 g/mol. The number of esters is 1. The maximum atomic E-state index is 12.9. The zero-order chi connectivity index (χ0) is 24.1. The molecule has 34 heavy (non-hydrogen) atoms. The van der Waals surface area contributed by atoms with Gasteiger partial charge in [-0.3, -0.25) is 19.2 Å². The van der Waals surface area contributed by atoms with Gasteiger partial charge in [0.05, 0.1) is 12.5 Å². The topological polar surface area (TPSA) is 108 Å². The Balaban J connectivity index is 1.28. The molecule has 0 aliphatic carbocycles. The Bertz CT molecular complexity index is 974. The third-order valence-electron chi connectivity index (χ3n) is 6.22. The number of likely N-dealkylation sites (tertiary alicyclic amines) is 2. The van der Waals surface area contributed by atoms with E-state index in [4.69, 9.17) is 4.74 Å². The lowest BCUT2D eigenvalue weighted by Crippen LogP contribution is -2.42. The average Bonchev–Trinajstić information content (AvgIpc) is 3.50. The first-order valence-electron chi connectivity index (χ1n) is 11.8. The highest BCUT2D eigenvalue weighted by Crippen LogP contribution is 2.29. The van der Waals surface area contributed by atoms with E-state index in [2.05, 4.69) is 15.2 Å². The number of ether oxygens (including phenoxy) is 1. The van der Waals surface area contributed by atoms with Gasteiger partial charge in [0.1, 0.15) is 5.25 Å². The minimum Gasteiger partial charge on any atom is -0.466 e. The van der Waals surface area contributed by atoms with Crippen molar-refractivity contribution in [1.29, 1.82) is 0 Å². The molecule has 1 aromatic rings. The van der Waals surface area contributed by atoms with Crippen molar-refractivity contribution in [2.24, 2.45) is 10.9 Å². The molecule has 0 spiro atoms. The molecular weight excluding hydrogens is 456 g/mol. The van der Waals surface area contributed by atoms with Crippen LogP contribution in [-0.4, -0.2) is 76.7 Å². The predicted octanol–water partition coefficient (Wildman–Crippen LogP) is 2.52. The Morgan fingerprint density at radius 3 is 2.56 bits per heavy atom. The van der Waals surface area contributed by atoms with Crippen molar-refractivity contribution in [1.82, 2.24) is 9.80 Å². The molecule has 2 atom stereocenters. The standard InChI is InChI=1S/C24H30N4O5S/c1-2-33-23(32)17-6-5-13-28(15-17)22(31)16-7-9-18(10-8-16)25-20(29)14-19-21(30)26-24(34-19)27-11-3-4-12-27/h7-10,17,19H,2-6,11-15H2,1H3,(H,25,29)/t17-,19-/m0/s1. The summed E-state index contributed by atoms with van der Waals surface area (Å²) >= 11 is 1.36. The SMILES string of the molecule is CCOC(=O)[C@H]1CCCN(C(=O)c2ccc(NC(=O)C[C@@H]3SC(N4CCCC4)=NC3=O)cc2)C1. The molecule has 9 nitrogen and oxygen atoms in total. The number of benzene rings is 1. The Morgan fingerprint density at radius 2 is 1.85 bits per heavy atom. The molecule has 3 heterocycles. The van der Waals surface area contributed by atoms with Gasteiger partial charge < -0.3 is 19.9 Å². The number of carbonyl (C=O) groups excluding carboxylic acids is 4. The van der Waals surface area contributed by atoms with E-state index >= 15 is 0 Å². The number of hydrogen-bond donors (Lipinski definition) is 1. The molecule has 2 saturated heterocycles. The predicted molar refractivity (Wildman–Crippen MR) is 130 cm³/mol. The fourth-order valence-electron chi connectivity index (χ4n) is 4.43. The van der Waals surface area contributed by atoms with Crippen LogP contribution in [0.15, 0.2) is 29.3 Å². The van der Waals surface area contributed by atoms with Crippen LogP contribution < -0.4 is 5.32 Å². The van der Waals surface area contributed by atoms with Crippen molar-refractivity contribution < 1.29 is 23.9 Å². The van der Waals surface area contributed by atoms with Gasteiger partial charge in [-0.05, 0) is 56.9 Å². The van der Waals surface area contributed by atoms with Crippen LogP contribution in [0.1, 0.15) is 49.4 Å². The van der Waals surface area contributed by atoms with E-state index in [0.29, 0.717) is 30.9 Å². The Kier molecular flexibility index (Phi) is 7.87. The highest BCUT2D eigenvalue weighted by molar-refractivity contribution is 8.15. The maximum Gasteiger partial charge on any atom is 0.310 e. The van der Waals surface area contributed by atoms with Crippen LogP contribution in [0, 0.1) is 5.92 Å². The van der Waals surface area contributed by atoms with E-state index < -0.39 is 5.25 Å². The van der Waals surface area contributed by atoms with E-state index in [1.54, 1.807) is 36.1 Å². The highest BCUT2D eigenvalue weighted by atomic mass is 32.2. The molecule has 10 heteroatoms. The first-order valence-corrected chi connectivity index (χ1v) is 12.7. The molecule has 1 N–H and O–H groups in total. The third-order valence-corrected chi connectivity index (χ3v) is 7.43. The lowest BCUT2D eigenvalue weighted by Gasteiger charge is -2.31. The molecule has 4 rings (SSSR count). The number of amides is 3. The van der Waals surface area contributed by atoms with Crippen LogP contribution in [0.3, 0.4) is 0 Å². The minimum atomic E-state index is -0.497. The number of hydrogen-bond acceptors (Lipinski definition) is 7. The number of carbonyl (C=O) groups is 4. The summed E-state index contributed by atoms with van der Waals surface area (Å²) in [5.74, 6) is -1.22. The van der Waals surface area contributed by atoms with E-state index in [-0.39, 0.29) is 36.0 Å². The van der Waals surface area contributed by atoms with Crippen molar-refractivity contribution in [3.05, 3.63) is 29.8 Å². The quantitative estimate of drug-likeness (QED) is 0.616. The molecule has 3 amide bonds. The second-order valence-electron chi connectivity index (χ2n) is 8.71. The van der Waals surface area contributed by atoms with Crippen LogP contribution in [-0.2, 0) is 19.1 Å². The molecule has 3 aliphatic heterocycles. The van der Waals surface area contributed by atoms with Gasteiger partial charge >= 0.3 is 5.97 Å². The van der Waals surface area contributed by atoms with Crippen LogP contribution >= 0.6 is 11.8 Å². The summed E-state index contributed by atoms with van der Waals surface area (Å²) < 4.78 is 5.10. The second-order valence-corrected chi connectivity index (χ2v) is 9.88. The zero-order valence-corrected chi connectivity index (χ0v) is 20.1. The van der Waals surface area contributed by atoms with Crippen LogP contribution in [0.2, 0.25) is 0 Å². The minimum absolute atomic E-state index is 0.0497. The summed E-state index contributed by atoms with van der Waals surface area (Å²) in [7, 11) is 0. The van der Waals surface area contributed by atoms with Crippen LogP contribution in [0.5, 0.6) is 0 Å². The highest BCUT2D eigenvalue weighted by Gasteiger charge is 2.34. The summed E-state index contributed by atoms with van der Waals surface area (Å²) in [4.78, 5) is 57.6. The zero-order valence-electron chi connectivity index (χ0n) is 19.3. The molecule has 0 saturated carbocycles. The summed E-state index contributed by atoms with van der Waals surface area (Å²) in [6.07, 6.45) is 3.72. The molecule has 0 radical (unpaired) electrons. The second kappa shape index (κ2) is 11.0. The maximum absolute atomic E-state index is 12.9. The van der Waals surface area contributed by atoms with Gasteiger partial charge in [-0.25, -0.2) is 0 Å². The van der Waals surface area contributed by atoms with Gasteiger partial charge in [0, 0.05) is 43.9 Å². The normalized spacial score (nSPS) is 22.5. The molecule has 1 aromatic carbocycles. The van der Waals surface area contributed by atoms with Crippen molar-refractivity contribution in [2.45, 2.75) is 44.3 Å². The molecule has 0 bridgehead atoms. The van der Waals surface area contributed by atoms with Gasteiger partial charge in [-0.15, -0.1) is 0 Å². The third kappa shape index (κ3) is 5.78. The first kappa shape index (κ1) is 24.3. The van der Waals surface area contributed by atoms with E-state index in [1.807, 2.05) is 0 Å². The summed E-state index contributed by atoms with van der Waals surface area (Å²) in [6.45, 7) is 4.87.